The molecule has 7 nitrogen and oxygen atoms in total. The lowest BCUT2D eigenvalue weighted by Gasteiger charge is -2.15. The van der Waals surface area contributed by atoms with Gasteiger partial charge in [0.2, 0.25) is 5.95 Å². The lowest BCUT2D eigenvalue weighted by Crippen LogP contribution is -2.21. The van der Waals surface area contributed by atoms with Gasteiger partial charge in [0.1, 0.15) is 0 Å². The van der Waals surface area contributed by atoms with Crippen molar-refractivity contribution < 1.29 is 9.84 Å². The first-order valence-corrected chi connectivity index (χ1v) is 9.81. The van der Waals surface area contributed by atoms with Gasteiger partial charge in [0, 0.05) is 18.7 Å². The molecule has 0 aliphatic carbocycles. The molecule has 2 aromatic heterocycles. The lowest BCUT2D eigenvalue weighted by atomic mass is 10.1. The Morgan fingerprint density at radius 2 is 2.18 bits per heavy atom. The Kier molecular flexibility index (Phi) is 6.83. The van der Waals surface area contributed by atoms with Crippen molar-refractivity contribution in [2.45, 2.75) is 39.3 Å². The number of rotatable bonds is 3. The molecule has 0 radical (unpaired) electrons. The van der Waals surface area contributed by atoms with Gasteiger partial charge in [-0.25, -0.2) is 15.0 Å². The van der Waals surface area contributed by atoms with Crippen molar-refractivity contribution in [1.29, 1.82) is 0 Å². The van der Waals surface area contributed by atoms with Crippen molar-refractivity contribution >= 4 is 28.6 Å². The molecule has 1 unspecified atom stereocenters. The molecule has 3 heterocycles. The third-order valence-corrected chi connectivity index (χ3v) is 4.63. The summed E-state index contributed by atoms with van der Waals surface area (Å²) in [5, 5.41) is 9.26. The van der Waals surface area contributed by atoms with Crippen LogP contribution in [0.5, 0.6) is 0 Å². The highest BCUT2D eigenvalue weighted by atomic mass is 35.5. The van der Waals surface area contributed by atoms with E-state index in [1.165, 1.54) is 6.20 Å². The minimum Gasteiger partial charge on any atom is -0.391 e. The fourth-order valence-corrected chi connectivity index (χ4v) is 3.26. The van der Waals surface area contributed by atoms with Crippen LogP contribution in [0.2, 0.25) is 5.02 Å². The summed E-state index contributed by atoms with van der Waals surface area (Å²) >= 11 is 6.15. The van der Waals surface area contributed by atoms with E-state index in [4.69, 9.17) is 27.2 Å². The molecule has 0 bridgehead atoms. The van der Waals surface area contributed by atoms with Crippen LogP contribution in [0.25, 0.3) is 22.3 Å². The molecule has 0 saturated carbocycles. The molecule has 8 heteroatoms. The van der Waals surface area contributed by atoms with Gasteiger partial charge in [-0.05, 0) is 30.9 Å². The highest BCUT2D eigenvalue weighted by Gasteiger charge is 2.10. The standard InChI is InChI=1S/C15H16ClN5.C5H10O2/c1-9(2)7-21-8-19-12-5-10(3-4-13(12)21)14-11(16)6-18-15(17)20-14;6-5-2-1-3-7-4-5/h3-6,8-9H,7H2,1-2H3,(H2,17,18,20);5-6H,1-4H2. The van der Waals surface area contributed by atoms with Crippen LogP contribution >= 0.6 is 11.6 Å². The van der Waals surface area contributed by atoms with Crippen LogP contribution < -0.4 is 5.73 Å². The number of nitrogens with zero attached hydrogens (tertiary/aromatic N) is 4. The van der Waals surface area contributed by atoms with Gasteiger partial charge >= 0.3 is 0 Å². The van der Waals surface area contributed by atoms with Gasteiger partial charge < -0.3 is 20.1 Å². The van der Waals surface area contributed by atoms with Crippen LogP contribution in [0.4, 0.5) is 5.95 Å². The van der Waals surface area contributed by atoms with Crippen LogP contribution in [-0.4, -0.2) is 43.9 Å². The molecule has 1 fully saturated rings. The molecule has 0 amide bonds. The number of ether oxygens (including phenoxy) is 1. The summed E-state index contributed by atoms with van der Waals surface area (Å²) < 4.78 is 7.08. The zero-order valence-electron chi connectivity index (χ0n) is 16.2. The largest absolute Gasteiger partial charge is 0.391 e. The highest BCUT2D eigenvalue weighted by Crippen LogP contribution is 2.28. The number of hydrogen-bond acceptors (Lipinski definition) is 6. The number of anilines is 1. The first kappa shape index (κ1) is 20.5. The van der Waals surface area contributed by atoms with E-state index in [9.17, 15) is 0 Å². The zero-order valence-corrected chi connectivity index (χ0v) is 16.9. The second-order valence-electron chi connectivity index (χ2n) is 7.29. The fraction of sp³-hybridized carbons (Fsp3) is 0.450. The number of aromatic nitrogens is 4. The van der Waals surface area contributed by atoms with E-state index in [1.807, 2.05) is 24.5 Å². The van der Waals surface area contributed by atoms with Crippen LogP contribution in [0, 0.1) is 5.92 Å². The Hall–Kier alpha value is -2.22. The third-order valence-electron chi connectivity index (χ3n) is 4.36. The predicted octanol–water partition coefficient (Wildman–Crippen LogP) is 3.54. The number of benzene rings is 1. The maximum absolute atomic E-state index is 8.78. The Morgan fingerprint density at radius 3 is 2.82 bits per heavy atom. The summed E-state index contributed by atoms with van der Waals surface area (Å²) in [7, 11) is 0. The highest BCUT2D eigenvalue weighted by molar-refractivity contribution is 6.32. The fourth-order valence-electron chi connectivity index (χ4n) is 3.06. The van der Waals surface area contributed by atoms with E-state index in [2.05, 4.69) is 33.4 Å². The van der Waals surface area contributed by atoms with Crippen LogP contribution in [0.3, 0.4) is 0 Å². The minimum absolute atomic E-state index is 0.186. The number of aliphatic hydroxyl groups is 1. The summed E-state index contributed by atoms with van der Waals surface area (Å²) in [4.78, 5) is 12.5. The number of nitrogen functional groups attached to an aromatic ring is 1. The molecule has 1 aliphatic heterocycles. The number of nitrogens with two attached hydrogens (primary N) is 1. The molecular formula is C20H26ClN5O2. The SMILES string of the molecule is CC(C)Cn1cnc2cc(-c3nc(N)ncc3Cl)ccc21.OC1CCCOC1. The molecule has 1 aliphatic rings. The van der Waals surface area contributed by atoms with Gasteiger partial charge in [-0.3, -0.25) is 0 Å². The first-order chi connectivity index (χ1) is 13.4. The molecule has 3 aromatic rings. The first-order valence-electron chi connectivity index (χ1n) is 9.43. The maximum Gasteiger partial charge on any atom is 0.220 e. The van der Waals surface area contributed by atoms with Crippen molar-refractivity contribution in [1.82, 2.24) is 19.5 Å². The lowest BCUT2D eigenvalue weighted by molar-refractivity contribution is -0.00535. The maximum atomic E-state index is 8.78. The van der Waals surface area contributed by atoms with Gasteiger partial charge in [-0.1, -0.05) is 31.5 Å². The summed E-state index contributed by atoms with van der Waals surface area (Å²) in [5.74, 6) is 0.776. The van der Waals surface area contributed by atoms with E-state index < -0.39 is 0 Å². The predicted molar refractivity (Wildman–Crippen MR) is 111 cm³/mol. The van der Waals surface area contributed by atoms with Gasteiger partial charge in [0.15, 0.2) is 0 Å². The molecule has 1 saturated heterocycles. The van der Waals surface area contributed by atoms with Gasteiger partial charge in [0.05, 0.1) is 47.0 Å². The molecule has 28 heavy (non-hydrogen) atoms. The molecular weight excluding hydrogens is 378 g/mol. The second kappa shape index (κ2) is 9.32. The number of fused-ring (bicyclic) bond motifs is 1. The third kappa shape index (κ3) is 5.19. The van der Waals surface area contributed by atoms with Gasteiger partial charge in [-0.15, -0.1) is 0 Å². The average Bonchev–Trinajstić information content (AvgIpc) is 3.06. The molecule has 150 valence electrons. The topological polar surface area (TPSA) is 99.1 Å². The molecule has 1 aromatic carbocycles. The van der Waals surface area contributed by atoms with Crippen molar-refractivity contribution in [3.05, 3.63) is 35.7 Å². The van der Waals surface area contributed by atoms with E-state index in [1.54, 1.807) is 0 Å². The molecule has 1 atom stereocenters. The smallest absolute Gasteiger partial charge is 0.220 e. The van der Waals surface area contributed by atoms with Gasteiger partial charge in [0.25, 0.3) is 0 Å². The quantitative estimate of drug-likeness (QED) is 0.693. The van der Waals surface area contributed by atoms with Crippen molar-refractivity contribution in [2.24, 2.45) is 5.92 Å². The Morgan fingerprint density at radius 1 is 1.36 bits per heavy atom. The molecule has 3 N–H and O–H groups in total. The normalized spacial score (nSPS) is 16.8. The van der Waals surface area contributed by atoms with E-state index in [0.29, 0.717) is 23.2 Å². The van der Waals surface area contributed by atoms with E-state index in [-0.39, 0.29) is 12.1 Å². The summed E-state index contributed by atoms with van der Waals surface area (Å²) in [6.07, 6.45) is 5.13. The van der Waals surface area contributed by atoms with Crippen molar-refractivity contribution in [3.63, 3.8) is 0 Å². The Bertz CT molecular complexity index is 922. The van der Waals surface area contributed by atoms with Crippen molar-refractivity contribution in [3.8, 4) is 11.3 Å². The number of halogens is 1. The monoisotopic (exact) mass is 403 g/mol. The number of hydrogen-bond donors (Lipinski definition) is 2. The van der Waals surface area contributed by atoms with E-state index >= 15 is 0 Å². The van der Waals surface area contributed by atoms with Gasteiger partial charge in [-0.2, -0.15) is 0 Å². The van der Waals surface area contributed by atoms with Crippen LogP contribution in [0.15, 0.2) is 30.7 Å². The number of imidazole rings is 1. The van der Waals surface area contributed by atoms with Crippen molar-refractivity contribution in [2.75, 3.05) is 18.9 Å². The summed E-state index contributed by atoms with van der Waals surface area (Å²) in [5.41, 5.74) is 9.17. The molecule has 4 rings (SSSR count). The Balaban J connectivity index is 0.000000271. The average molecular weight is 404 g/mol. The Labute approximate surface area is 169 Å². The summed E-state index contributed by atoms with van der Waals surface area (Å²) in [6, 6.07) is 5.99. The van der Waals surface area contributed by atoms with Crippen LogP contribution in [0.1, 0.15) is 26.7 Å². The van der Waals surface area contributed by atoms with Crippen LogP contribution in [-0.2, 0) is 11.3 Å². The summed E-state index contributed by atoms with van der Waals surface area (Å²) in [6.45, 7) is 6.68. The van der Waals surface area contributed by atoms with E-state index in [0.717, 1.165) is 42.6 Å². The molecule has 0 spiro atoms. The second-order valence-corrected chi connectivity index (χ2v) is 7.70. The minimum atomic E-state index is -0.186. The number of aliphatic hydroxyl groups excluding tert-OH is 1. The zero-order chi connectivity index (χ0) is 20.1.